The number of carbonyl (C=O) groups is 1. The Kier molecular flexibility index (Phi) is 3.92. The molecule has 25 heavy (non-hydrogen) atoms. The van der Waals surface area contributed by atoms with E-state index in [1.165, 1.54) is 18.2 Å². The highest BCUT2D eigenvalue weighted by molar-refractivity contribution is 6.02. The second-order valence-electron chi connectivity index (χ2n) is 6.06. The highest BCUT2D eigenvalue weighted by Crippen LogP contribution is 2.41. The van der Waals surface area contributed by atoms with E-state index >= 15 is 0 Å². The fraction of sp³-hybridized carbons (Fsp3) is 0.167. The summed E-state index contributed by atoms with van der Waals surface area (Å²) >= 11 is 0. The number of phenols is 1. The third-order valence-electron chi connectivity index (χ3n) is 3.84. The Morgan fingerprint density at radius 3 is 2.44 bits per heavy atom. The van der Waals surface area contributed by atoms with Crippen molar-refractivity contribution in [3.05, 3.63) is 58.7 Å². The summed E-state index contributed by atoms with van der Waals surface area (Å²) in [6.07, 6.45) is 0. The average Bonchev–Trinajstić information content (AvgIpc) is 2.79. The molecule has 0 spiro atoms. The number of nitrogens with two attached hydrogens (primary N) is 1. The molecule has 128 valence electrons. The number of hydrogen-bond donors (Lipinski definition) is 2. The zero-order chi connectivity index (χ0) is 18.2. The summed E-state index contributed by atoms with van der Waals surface area (Å²) in [5.41, 5.74) is 6.37. The van der Waals surface area contributed by atoms with Gasteiger partial charge >= 0.3 is 5.97 Å². The number of aromatic hydroxyl groups is 1. The van der Waals surface area contributed by atoms with Crippen LogP contribution >= 0.6 is 0 Å². The lowest BCUT2D eigenvalue weighted by Gasteiger charge is -2.21. The van der Waals surface area contributed by atoms with Crippen molar-refractivity contribution >= 4 is 22.9 Å². The van der Waals surface area contributed by atoms with E-state index in [4.69, 9.17) is 15.2 Å². The molecule has 1 aliphatic heterocycles. The van der Waals surface area contributed by atoms with Crippen LogP contribution in [0, 0.1) is 4.91 Å². The molecule has 0 aromatic heterocycles. The molecule has 0 aliphatic carbocycles. The second kappa shape index (κ2) is 5.94. The molecule has 0 saturated carbocycles. The first-order valence-corrected chi connectivity index (χ1v) is 7.50. The Hall–Kier alpha value is -3.35. The van der Waals surface area contributed by atoms with E-state index in [1.54, 1.807) is 38.1 Å². The van der Waals surface area contributed by atoms with Crippen molar-refractivity contribution < 1.29 is 19.4 Å². The van der Waals surface area contributed by atoms with Gasteiger partial charge in [-0.3, -0.25) is 0 Å². The van der Waals surface area contributed by atoms with Crippen molar-refractivity contribution in [1.82, 2.24) is 0 Å². The minimum atomic E-state index is -0.912. The number of rotatable bonds is 4. The normalized spacial score (nSPS) is 15.8. The standard InChI is InChI=1S/C18H16N2O5/c1-18(2)15(10-3-5-11(20-23)6-4-10)16(17(22)25-18)24-12-7-8-14(21)13(19)9-12/h3-9,21H,19H2,1-2H3. The molecular formula is C18H16N2O5. The van der Waals surface area contributed by atoms with Crippen molar-refractivity contribution in [2.75, 3.05) is 5.73 Å². The number of hydrogen-bond acceptors (Lipinski definition) is 7. The van der Waals surface area contributed by atoms with Gasteiger partial charge < -0.3 is 20.3 Å². The van der Waals surface area contributed by atoms with Crippen LogP contribution in [0.2, 0.25) is 0 Å². The van der Waals surface area contributed by atoms with Crippen LogP contribution in [0.4, 0.5) is 11.4 Å². The maximum Gasteiger partial charge on any atom is 0.375 e. The molecule has 0 saturated heterocycles. The van der Waals surface area contributed by atoms with Crippen molar-refractivity contribution in [2.45, 2.75) is 19.4 Å². The van der Waals surface area contributed by atoms with Crippen molar-refractivity contribution in [2.24, 2.45) is 5.18 Å². The molecule has 0 bridgehead atoms. The number of nitrogen functional groups attached to an aromatic ring is 1. The molecule has 0 radical (unpaired) electrons. The number of benzene rings is 2. The topological polar surface area (TPSA) is 111 Å². The smallest absolute Gasteiger partial charge is 0.375 e. The van der Waals surface area contributed by atoms with E-state index < -0.39 is 11.6 Å². The highest BCUT2D eigenvalue weighted by Gasteiger charge is 2.43. The summed E-state index contributed by atoms with van der Waals surface area (Å²) in [4.78, 5) is 22.9. The average molecular weight is 340 g/mol. The van der Waals surface area contributed by atoms with Crippen molar-refractivity contribution in [3.63, 3.8) is 0 Å². The van der Waals surface area contributed by atoms with E-state index in [1.807, 2.05) is 0 Å². The lowest BCUT2D eigenvalue weighted by atomic mass is 9.91. The third kappa shape index (κ3) is 3.03. The van der Waals surface area contributed by atoms with Crippen LogP contribution in [-0.2, 0) is 9.53 Å². The Morgan fingerprint density at radius 2 is 1.84 bits per heavy atom. The zero-order valence-electron chi connectivity index (χ0n) is 13.6. The molecule has 1 aliphatic rings. The zero-order valence-corrected chi connectivity index (χ0v) is 13.6. The number of anilines is 1. The van der Waals surface area contributed by atoms with Crippen molar-refractivity contribution in [1.29, 1.82) is 0 Å². The van der Waals surface area contributed by atoms with Gasteiger partial charge in [0.2, 0.25) is 5.76 Å². The second-order valence-corrected chi connectivity index (χ2v) is 6.06. The largest absolute Gasteiger partial charge is 0.506 e. The molecular weight excluding hydrogens is 324 g/mol. The SMILES string of the molecule is CC1(C)OC(=O)C(Oc2ccc(O)c(N)c2)=C1c1ccc(N=O)cc1. The van der Waals surface area contributed by atoms with Gasteiger partial charge in [0.05, 0.1) is 11.3 Å². The molecule has 7 heteroatoms. The van der Waals surface area contributed by atoms with Crippen LogP contribution in [0.5, 0.6) is 11.5 Å². The Balaban J connectivity index is 2.07. The number of ether oxygens (including phenoxy) is 2. The predicted molar refractivity (Wildman–Crippen MR) is 92.1 cm³/mol. The molecule has 0 atom stereocenters. The van der Waals surface area contributed by atoms with E-state index in [-0.39, 0.29) is 22.9 Å². The summed E-state index contributed by atoms with van der Waals surface area (Å²) in [7, 11) is 0. The lowest BCUT2D eigenvalue weighted by molar-refractivity contribution is -0.145. The van der Waals surface area contributed by atoms with Gasteiger partial charge in [-0.05, 0) is 48.9 Å². The maximum atomic E-state index is 12.3. The molecule has 0 fully saturated rings. The monoisotopic (exact) mass is 340 g/mol. The first kappa shape index (κ1) is 16.5. The van der Waals surface area contributed by atoms with Crippen LogP contribution in [0.15, 0.2) is 53.4 Å². The first-order chi connectivity index (χ1) is 11.8. The number of phenolic OH excluding ortho intramolecular Hbond substituents is 1. The predicted octanol–water partition coefficient (Wildman–Crippen LogP) is 3.50. The first-order valence-electron chi connectivity index (χ1n) is 7.50. The minimum Gasteiger partial charge on any atom is -0.506 e. The molecule has 1 heterocycles. The summed E-state index contributed by atoms with van der Waals surface area (Å²) in [6, 6.07) is 10.7. The molecule has 0 unspecified atom stereocenters. The van der Waals surface area contributed by atoms with Crippen molar-refractivity contribution in [3.8, 4) is 11.5 Å². The number of nitrogens with zero attached hydrogens (tertiary/aromatic N) is 1. The van der Waals surface area contributed by atoms with E-state index in [2.05, 4.69) is 5.18 Å². The fourth-order valence-corrected chi connectivity index (χ4v) is 2.68. The summed E-state index contributed by atoms with van der Waals surface area (Å²) in [5.74, 6) is -0.359. The van der Waals surface area contributed by atoms with Gasteiger partial charge in [0.1, 0.15) is 22.8 Å². The van der Waals surface area contributed by atoms with E-state index in [9.17, 15) is 14.8 Å². The molecule has 3 rings (SSSR count). The van der Waals surface area contributed by atoms with Crippen LogP contribution in [0.25, 0.3) is 5.57 Å². The van der Waals surface area contributed by atoms with Crippen LogP contribution < -0.4 is 10.5 Å². The Bertz CT molecular complexity index is 885. The van der Waals surface area contributed by atoms with Gasteiger partial charge in [0.25, 0.3) is 0 Å². The number of nitroso groups, excluding NO2 is 1. The molecule has 2 aromatic rings. The lowest BCUT2D eigenvalue weighted by Crippen LogP contribution is -2.22. The van der Waals surface area contributed by atoms with Gasteiger partial charge in [-0.25, -0.2) is 4.79 Å². The molecule has 0 amide bonds. The Morgan fingerprint density at radius 1 is 1.16 bits per heavy atom. The molecule has 3 N–H and O–H groups in total. The van der Waals surface area contributed by atoms with Gasteiger partial charge in [0, 0.05) is 6.07 Å². The summed E-state index contributed by atoms with van der Waals surface area (Å²) in [5, 5.41) is 12.4. The van der Waals surface area contributed by atoms with Gasteiger partial charge in [-0.1, -0.05) is 12.1 Å². The minimum absolute atomic E-state index is 0.0295. The summed E-state index contributed by atoms with van der Waals surface area (Å²) < 4.78 is 11.1. The van der Waals surface area contributed by atoms with Gasteiger partial charge in [0.15, 0.2) is 0 Å². The molecule has 2 aromatic carbocycles. The van der Waals surface area contributed by atoms with Gasteiger partial charge in [-0.15, -0.1) is 4.91 Å². The third-order valence-corrected chi connectivity index (χ3v) is 3.84. The number of cyclic esters (lactones) is 1. The van der Waals surface area contributed by atoms with Crippen LogP contribution in [-0.4, -0.2) is 16.7 Å². The summed E-state index contributed by atoms with van der Waals surface area (Å²) in [6.45, 7) is 3.49. The number of carbonyl (C=O) groups excluding carboxylic acids is 1. The highest BCUT2D eigenvalue weighted by atomic mass is 16.6. The fourth-order valence-electron chi connectivity index (χ4n) is 2.68. The number of esters is 1. The van der Waals surface area contributed by atoms with Crippen LogP contribution in [0.3, 0.4) is 0 Å². The van der Waals surface area contributed by atoms with E-state index in [0.29, 0.717) is 16.9 Å². The van der Waals surface area contributed by atoms with Gasteiger partial charge in [-0.2, -0.15) is 0 Å². The van der Waals surface area contributed by atoms with E-state index in [0.717, 1.165) is 0 Å². The molecule has 7 nitrogen and oxygen atoms in total. The quantitative estimate of drug-likeness (QED) is 0.381. The maximum absolute atomic E-state index is 12.3. The van der Waals surface area contributed by atoms with Crippen LogP contribution in [0.1, 0.15) is 19.4 Å². The Labute approximate surface area is 143 Å².